The fourth-order valence-corrected chi connectivity index (χ4v) is 3.19. The predicted octanol–water partition coefficient (Wildman–Crippen LogP) is 2.43. The molecule has 1 aromatic rings. The lowest BCUT2D eigenvalue weighted by Crippen LogP contribution is -2.48. The van der Waals surface area contributed by atoms with Crippen LogP contribution in [0.3, 0.4) is 0 Å². The van der Waals surface area contributed by atoms with Crippen LogP contribution < -0.4 is 10.5 Å². The maximum Gasteiger partial charge on any atom is 0.123 e. The zero-order valence-corrected chi connectivity index (χ0v) is 9.07. The molecule has 1 heterocycles. The molecule has 2 unspecified atom stereocenters. The maximum absolute atomic E-state index is 6.09. The molecule has 3 atom stereocenters. The third-order valence-electron chi connectivity index (χ3n) is 3.67. The van der Waals surface area contributed by atoms with Gasteiger partial charge in [-0.15, -0.1) is 0 Å². The molecule has 2 aliphatic rings. The summed E-state index contributed by atoms with van der Waals surface area (Å²) in [5.74, 6) is 1.67. The topological polar surface area (TPSA) is 35.2 Å². The molecule has 0 radical (unpaired) electrons. The summed E-state index contributed by atoms with van der Waals surface area (Å²) in [5.41, 5.74) is 7.41. The lowest BCUT2D eigenvalue weighted by Gasteiger charge is -2.46. The highest BCUT2D eigenvalue weighted by molar-refractivity contribution is 5.40. The Hall–Kier alpha value is -1.02. The van der Waals surface area contributed by atoms with E-state index in [1.807, 2.05) is 6.07 Å². The molecule has 15 heavy (non-hydrogen) atoms. The predicted molar refractivity (Wildman–Crippen MR) is 60.0 cm³/mol. The number of para-hydroxylation sites is 1. The van der Waals surface area contributed by atoms with E-state index in [4.69, 9.17) is 10.5 Å². The molecule has 2 N–H and O–H groups in total. The highest BCUT2D eigenvalue weighted by Gasteiger charge is 2.42. The van der Waals surface area contributed by atoms with Crippen LogP contribution in [0.4, 0.5) is 0 Å². The van der Waals surface area contributed by atoms with E-state index in [0.29, 0.717) is 12.0 Å². The second-order valence-corrected chi connectivity index (χ2v) is 5.19. The molecule has 3 rings (SSSR count). The molecule has 80 valence electrons. The van der Waals surface area contributed by atoms with Gasteiger partial charge in [0, 0.05) is 12.5 Å². The monoisotopic (exact) mass is 203 g/mol. The van der Waals surface area contributed by atoms with Crippen molar-refractivity contribution in [2.45, 2.75) is 43.7 Å². The van der Waals surface area contributed by atoms with Crippen molar-refractivity contribution in [3.8, 4) is 5.75 Å². The Labute approximate surface area is 90.4 Å². The molecular weight excluding hydrogens is 186 g/mol. The molecular formula is C13H17NO. The summed E-state index contributed by atoms with van der Waals surface area (Å²) in [7, 11) is 0. The maximum atomic E-state index is 6.09. The van der Waals surface area contributed by atoms with Gasteiger partial charge in [0.1, 0.15) is 11.4 Å². The Morgan fingerprint density at radius 3 is 3.00 bits per heavy atom. The van der Waals surface area contributed by atoms with Crippen LogP contribution in [0.15, 0.2) is 24.3 Å². The van der Waals surface area contributed by atoms with Crippen molar-refractivity contribution < 1.29 is 4.74 Å². The zero-order chi connectivity index (χ0) is 10.5. The zero-order valence-electron chi connectivity index (χ0n) is 9.07. The standard InChI is InChI=1S/C13H17NO/c1-13-7-9(6-10(14)8-13)11-4-2-3-5-12(11)15-13/h2-5,9-10H,6-8,14H2,1H3/t9?,10-,13?/m0/s1. The van der Waals surface area contributed by atoms with E-state index in [2.05, 4.69) is 25.1 Å². The lowest BCUT2D eigenvalue weighted by atomic mass is 9.72. The van der Waals surface area contributed by atoms with E-state index in [1.54, 1.807) is 0 Å². The van der Waals surface area contributed by atoms with Crippen LogP contribution in [0.5, 0.6) is 5.75 Å². The van der Waals surface area contributed by atoms with Crippen molar-refractivity contribution in [3.63, 3.8) is 0 Å². The van der Waals surface area contributed by atoms with Gasteiger partial charge in [0.2, 0.25) is 0 Å². The van der Waals surface area contributed by atoms with E-state index < -0.39 is 0 Å². The highest BCUT2D eigenvalue weighted by atomic mass is 16.5. The van der Waals surface area contributed by atoms with E-state index in [1.165, 1.54) is 5.56 Å². The molecule has 0 aromatic heterocycles. The molecule has 0 spiro atoms. The molecule has 1 fully saturated rings. The van der Waals surface area contributed by atoms with Gasteiger partial charge in [-0.25, -0.2) is 0 Å². The largest absolute Gasteiger partial charge is 0.487 e. The summed E-state index contributed by atoms with van der Waals surface area (Å²) >= 11 is 0. The fraction of sp³-hybridized carbons (Fsp3) is 0.538. The number of fused-ring (bicyclic) bond motifs is 4. The smallest absolute Gasteiger partial charge is 0.123 e. The molecule has 2 nitrogen and oxygen atoms in total. The van der Waals surface area contributed by atoms with Crippen molar-refractivity contribution in [2.75, 3.05) is 0 Å². The first-order valence-electron chi connectivity index (χ1n) is 5.70. The average molecular weight is 203 g/mol. The van der Waals surface area contributed by atoms with Gasteiger partial charge in [-0.2, -0.15) is 0 Å². The third-order valence-corrected chi connectivity index (χ3v) is 3.67. The Kier molecular flexibility index (Phi) is 1.84. The first-order chi connectivity index (χ1) is 7.16. The first kappa shape index (κ1) is 9.22. The molecule has 0 amide bonds. The van der Waals surface area contributed by atoms with Gasteiger partial charge in [0.05, 0.1) is 0 Å². The minimum absolute atomic E-state index is 0.0311. The highest BCUT2D eigenvalue weighted by Crippen LogP contribution is 2.47. The second kappa shape index (κ2) is 2.99. The summed E-state index contributed by atoms with van der Waals surface area (Å²) in [4.78, 5) is 0. The van der Waals surface area contributed by atoms with Crippen LogP contribution in [-0.2, 0) is 0 Å². The van der Waals surface area contributed by atoms with Crippen molar-refractivity contribution in [2.24, 2.45) is 5.73 Å². The number of ether oxygens (including phenoxy) is 1. The van der Waals surface area contributed by atoms with Gasteiger partial charge in [0.15, 0.2) is 0 Å². The summed E-state index contributed by atoms with van der Waals surface area (Å²) in [6.07, 6.45) is 3.21. The Morgan fingerprint density at radius 2 is 2.13 bits per heavy atom. The van der Waals surface area contributed by atoms with Crippen molar-refractivity contribution in [3.05, 3.63) is 29.8 Å². The molecule has 0 saturated heterocycles. The van der Waals surface area contributed by atoms with Gasteiger partial charge in [-0.3, -0.25) is 0 Å². The van der Waals surface area contributed by atoms with E-state index in [0.717, 1.165) is 25.0 Å². The minimum Gasteiger partial charge on any atom is -0.487 e. The molecule has 2 heteroatoms. The van der Waals surface area contributed by atoms with E-state index in [9.17, 15) is 0 Å². The summed E-state index contributed by atoms with van der Waals surface area (Å²) in [5, 5.41) is 0. The normalized spacial score (nSPS) is 38.0. The second-order valence-electron chi connectivity index (χ2n) is 5.19. The van der Waals surface area contributed by atoms with Crippen LogP contribution >= 0.6 is 0 Å². The number of hydrogen-bond donors (Lipinski definition) is 1. The van der Waals surface area contributed by atoms with Crippen LogP contribution in [0.2, 0.25) is 0 Å². The molecule has 1 saturated carbocycles. The quantitative estimate of drug-likeness (QED) is 0.703. The fourth-order valence-electron chi connectivity index (χ4n) is 3.19. The van der Waals surface area contributed by atoms with Crippen molar-refractivity contribution >= 4 is 0 Å². The molecule has 1 aliphatic carbocycles. The van der Waals surface area contributed by atoms with Gasteiger partial charge in [-0.1, -0.05) is 18.2 Å². The lowest BCUT2D eigenvalue weighted by molar-refractivity contribution is 0.0137. The van der Waals surface area contributed by atoms with Gasteiger partial charge in [0.25, 0.3) is 0 Å². The summed E-state index contributed by atoms with van der Waals surface area (Å²) < 4.78 is 6.08. The summed E-state index contributed by atoms with van der Waals surface area (Å²) in [6, 6.07) is 8.68. The first-order valence-corrected chi connectivity index (χ1v) is 5.70. The molecule has 1 aromatic carbocycles. The Bertz CT molecular complexity index is 390. The third kappa shape index (κ3) is 1.44. The minimum atomic E-state index is -0.0311. The average Bonchev–Trinajstić information content (AvgIpc) is 2.15. The van der Waals surface area contributed by atoms with Gasteiger partial charge >= 0.3 is 0 Å². The Balaban J connectivity index is 2.06. The SMILES string of the molecule is CC12CC(C[C@H](N)C1)c1ccccc1O2. The van der Waals surface area contributed by atoms with E-state index >= 15 is 0 Å². The van der Waals surface area contributed by atoms with Crippen LogP contribution in [0, 0.1) is 0 Å². The van der Waals surface area contributed by atoms with Crippen molar-refractivity contribution in [1.29, 1.82) is 0 Å². The molecule has 1 aliphatic heterocycles. The van der Waals surface area contributed by atoms with Crippen LogP contribution in [0.1, 0.15) is 37.7 Å². The number of hydrogen-bond acceptors (Lipinski definition) is 2. The van der Waals surface area contributed by atoms with Crippen LogP contribution in [-0.4, -0.2) is 11.6 Å². The van der Waals surface area contributed by atoms with E-state index in [-0.39, 0.29) is 5.60 Å². The van der Waals surface area contributed by atoms with Gasteiger partial charge < -0.3 is 10.5 Å². The molecule has 2 bridgehead atoms. The summed E-state index contributed by atoms with van der Waals surface area (Å²) in [6.45, 7) is 2.19. The number of benzene rings is 1. The van der Waals surface area contributed by atoms with Crippen molar-refractivity contribution in [1.82, 2.24) is 0 Å². The number of nitrogens with two attached hydrogens (primary N) is 1. The number of rotatable bonds is 0. The van der Waals surface area contributed by atoms with Gasteiger partial charge in [-0.05, 0) is 37.3 Å². The Morgan fingerprint density at radius 1 is 1.33 bits per heavy atom. The van der Waals surface area contributed by atoms with Crippen LogP contribution in [0.25, 0.3) is 0 Å².